The number of benzene rings is 1. The Hall–Kier alpha value is -1.79. The van der Waals surface area contributed by atoms with Crippen molar-refractivity contribution in [3.8, 4) is 0 Å². The molecule has 100 valence electrons. The third-order valence-electron chi connectivity index (χ3n) is 3.27. The van der Waals surface area contributed by atoms with Gasteiger partial charge in [-0.25, -0.2) is 8.42 Å². The van der Waals surface area contributed by atoms with Crippen LogP contribution in [0.4, 0.5) is 5.69 Å². The first-order valence-electron chi connectivity index (χ1n) is 6.14. The lowest BCUT2D eigenvalue weighted by Gasteiger charge is -2.20. The molecule has 0 bridgehead atoms. The standard InChI is InChI=1S/C13H15N3O2S/c17-19(18,11-5-7-14-8-11)16-13-3-1-2-10-4-6-15-9-12(10)13/h1-3,5,7-8,14-16H,4,6,9H2. The molecule has 5 nitrogen and oxygen atoms in total. The Morgan fingerprint density at radius 3 is 2.89 bits per heavy atom. The second kappa shape index (κ2) is 4.71. The van der Waals surface area contributed by atoms with Crippen LogP contribution in [0.25, 0.3) is 0 Å². The summed E-state index contributed by atoms with van der Waals surface area (Å²) in [4.78, 5) is 3.00. The zero-order valence-corrected chi connectivity index (χ0v) is 11.1. The summed E-state index contributed by atoms with van der Waals surface area (Å²) in [5.41, 5.74) is 2.90. The van der Waals surface area contributed by atoms with Crippen molar-refractivity contribution in [1.82, 2.24) is 10.3 Å². The fourth-order valence-corrected chi connectivity index (χ4v) is 3.36. The van der Waals surface area contributed by atoms with E-state index < -0.39 is 10.0 Å². The van der Waals surface area contributed by atoms with Crippen molar-refractivity contribution in [3.05, 3.63) is 47.8 Å². The van der Waals surface area contributed by atoms with Gasteiger partial charge in [0.15, 0.2) is 0 Å². The number of aromatic amines is 1. The second-order valence-electron chi connectivity index (χ2n) is 4.52. The Balaban J connectivity index is 1.96. The van der Waals surface area contributed by atoms with Gasteiger partial charge in [-0.2, -0.15) is 0 Å². The lowest BCUT2D eigenvalue weighted by Crippen LogP contribution is -2.25. The van der Waals surface area contributed by atoms with Gasteiger partial charge in [-0.05, 0) is 36.2 Å². The van der Waals surface area contributed by atoms with Gasteiger partial charge < -0.3 is 10.3 Å². The summed E-state index contributed by atoms with van der Waals surface area (Å²) in [7, 11) is -3.51. The van der Waals surface area contributed by atoms with E-state index in [1.807, 2.05) is 12.1 Å². The quantitative estimate of drug-likeness (QED) is 0.795. The Morgan fingerprint density at radius 1 is 1.21 bits per heavy atom. The number of sulfonamides is 1. The summed E-state index contributed by atoms with van der Waals surface area (Å²) in [6, 6.07) is 7.27. The van der Waals surface area contributed by atoms with Crippen LogP contribution in [0.3, 0.4) is 0 Å². The number of hydrogen-bond acceptors (Lipinski definition) is 3. The monoisotopic (exact) mass is 277 g/mol. The van der Waals surface area contributed by atoms with Gasteiger partial charge in [0.2, 0.25) is 0 Å². The molecule has 19 heavy (non-hydrogen) atoms. The molecule has 1 aromatic heterocycles. The SMILES string of the molecule is O=S(=O)(Nc1cccc2c1CNCC2)c1cc[nH]c1. The van der Waals surface area contributed by atoms with Crippen molar-refractivity contribution >= 4 is 15.7 Å². The van der Waals surface area contributed by atoms with Gasteiger partial charge in [0, 0.05) is 18.9 Å². The van der Waals surface area contributed by atoms with E-state index in [-0.39, 0.29) is 4.90 Å². The van der Waals surface area contributed by atoms with Gasteiger partial charge >= 0.3 is 0 Å². The highest BCUT2D eigenvalue weighted by Crippen LogP contribution is 2.25. The van der Waals surface area contributed by atoms with E-state index in [2.05, 4.69) is 15.0 Å². The number of H-pyrrole nitrogens is 1. The lowest BCUT2D eigenvalue weighted by atomic mass is 10.00. The van der Waals surface area contributed by atoms with Crippen LogP contribution in [0.2, 0.25) is 0 Å². The topological polar surface area (TPSA) is 74.0 Å². The number of anilines is 1. The number of hydrogen-bond donors (Lipinski definition) is 3. The third kappa shape index (κ3) is 2.36. The molecule has 1 aliphatic rings. The van der Waals surface area contributed by atoms with E-state index >= 15 is 0 Å². The molecule has 0 fully saturated rings. The molecule has 0 amide bonds. The van der Waals surface area contributed by atoms with E-state index in [9.17, 15) is 8.42 Å². The molecule has 0 aliphatic carbocycles. The van der Waals surface area contributed by atoms with E-state index in [0.717, 1.165) is 18.5 Å². The molecule has 0 atom stereocenters. The average Bonchev–Trinajstić information content (AvgIpc) is 2.93. The number of aromatic nitrogens is 1. The maximum atomic E-state index is 12.2. The summed E-state index contributed by atoms with van der Waals surface area (Å²) >= 11 is 0. The minimum Gasteiger partial charge on any atom is -0.366 e. The molecule has 3 rings (SSSR count). The Labute approximate surface area is 112 Å². The molecule has 2 heterocycles. The molecule has 1 aliphatic heterocycles. The van der Waals surface area contributed by atoms with E-state index in [1.54, 1.807) is 12.3 Å². The predicted molar refractivity (Wildman–Crippen MR) is 73.5 cm³/mol. The van der Waals surface area contributed by atoms with E-state index in [0.29, 0.717) is 12.2 Å². The van der Waals surface area contributed by atoms with Crippen molar-refractivity contribution in [1.29, 1.82) is 0 Å². The molecule has 0 radical (unpaired) electrons. The van der Waals surface area contributed by atoms with Gasteiger partial charge in [0.25, 0.3) is 10.0 Å². The highest BCUT2D eigenvalue weighted by Gasteiger charge is 2.18. The molecular formula is C13H15N3O2S. The summed E-state index contributed by atoms with van der Waals surface area (Å²) in [6.45, 7) is 1.63. The Morgan fingerprint density at radius 2 is 2.11 bits per heavy atom. The second-order valence-corrected chi connectivity index (χ2v) is 6.20. The summed E-state index contributed by atoms with van der Waals surface area (Å²) < 4.78 is 27.1. The first-order chi connectivity index (χ1) is 9.17. The molecule has 0 saturated heterocycles. The van der Waals surface area contributed by atoms with Crippen LogP contribution < -0.4 is 10.0 Å². The van der Waals surface area contributed by atoms with Crippen LogP contribution in [0, 0.1) is 0 Å². The van der Waals surface area contributed by atoms with Crippen LogP contribution >= 0.6 is 0 Å². The van der Waals surface area contributed by atoms with Crippen LogP contribution in [0.5, 0.6) is 0 Å². The maximum absolute atomic E-state index is 12.2. The lowest BCUT2D eigenvalue weighted by molar-refractivity contribution is 0.601. The van der Waals surface area contributed by atoms with Crippen LogP contribution in [0.1, 0.15) is 11.1 Å². The summed E-state index contributed by atoms with van der Waals surface area (Å²) in [5, 5.41) is 3.26. The van der Waals surface area contributed by atoms with E-state index in [1.165, 1.54) is 17.8 Å². The molecular weight excluding hydrogens is 262 g/mol. The van der Waals surface area contributed by atoms with Crippen molar-refractivity contribution in [2.24, 2.45) is 0 Å². The van der Waals surface area contributed by atoms with Crippen LogP contribution in [-0.2, 0) is 23.0 Å². The van der Waals surface area contributed by atoms with Gasteiger partial charge in [-0.1, -0.05) is 12.1 Å². The first-order valence-corrected chi connectivity index (χ1v) is 7.62. The highest BCUT2D eigenvalue weighted by atomic mass is 32.2. The van der Waals surface area contributed by atoms with Gasteiger partial charge in [-0.15, -0.1) is 0 Å². The Bertz CT molecular complexity index is 678. The molecule has 3 N–H and O–H groups in total. The molecule has 1 aromatic carbocycles. The van der Waals surface area contributed by atoms with Gasteiger partial charge in [0.1, 0.15) is 4.90 Å². The smallest absolute Gasteiger partial charge is 0.263 e. The van der Waals surface area contributed by atoms with Crippen molar-refractivity contribution in [3.63, 3.8) is 0 Å². The number of nitrogens with one attached hydrogen (secondary N) is 3. The van der Waals surface area contributed by atoms with Crippen LogP contribution in [-0.4, -0.2) is 19.9 Å². The number of rotatable bonds is 3. The predicted octanol–water partition coefficient (Wildman–Crippen LogP) is 1.46. The summed E-state index contributed by atoms with van der Waals surface area (Å²) in [5.74, 6) is 0. The normalized spacial score (nSPS) is 14.9. The summed E-state index contributed by atoms with van der Waals surface area (Å²) in [6.07, 6.45) is 3.99. The number of fused-ring (bicyclic) bond motifs is 1. The zero-order valence-electron chi connectivity index (χ0n) is 10.3. The largest absolute Gasteiger partial charge is 0.366 e. The zero-order chi connectivity index (χ0) is 13.3. The Kier molecular flexibility index (Phi) is 3.04. The highest BCUT2D eigenvalue weighted by molar-refractivity contribution is 7.92. The first kappa shape index (κ1) is 12.3. The fraction of sp³-hybridized carbons (Fsp3) is 0.231. The molecule has 0 spiro atoms. The third-order valence-corrected chi connectivity index (χ3v) is 4.63. The average molecular weight is 277 g/mol. The van der Waals surface area contributed by atoms with E-state index in [4.69, 9.17) is 0 Å². The van der Waals surface area contributed by atoms with Crippen molar-refractivity contribution < 1.29 is 8.42 Å². The minimum atomic E-state index is -3.51. The minimum absolute atomic E-state index is 0.244. The van der Waals surface area contributed by atoms with Gasteiger partial charge in [0.05, 0.1) is 5.69 Å². The van der Waals surface area contributed by atoms with Crippen molar-refractivity contribution in [2.45, 2.75) is 17.9 Å². The van der Waals surface area contributed by atoms with Crippen molar-refractivity contribution in [2.75, 3.05) is 11.3 Å². The van der Waals surface area contributed by atoms with Gasteiger partial charge in [-0.3, -0.25) is 4.72 Å². The molecule has 6 heteroatoms. The fourth-order valence-electron chi connectivity index (χ4n) is 2.29. The molecule has 0 unspecified atom stereocenters. The molecule has 2 aromatic rings. The maximum Gasteiger partial charge on any atom is 0.263 e. The molecule has 0 saturated carbocycles. The van der Waals surface area contributed by atoms with Crippen LogP contribution in [0.15, 0.2) is 41.6 Å².